The zero-order chi connectivity index (χ0) is 22.2. The van der Waals surface area contributed by atoms with Crippen molar-refractivity contribution in [3.05, 3.63) is 59.9 Å². The van der Waals surface area contributed by atoms with E-state index in [2.05, 4.69) is 51.4 Å². The third-order valence-corrected chi connectivity index (χ3v) is 6.14. The molecule has 2 aromatic heterocycles. The summed E-state index contributed by atoms with van der Waals surface area (Å²) in [6.45, 7) is 5.04. The Kier molecular flexibility index (Phi) is 5.01. The number of hydrogen-bond acceptors (Lipinski definition) is 4. The highest BCUT2D eigenvalue weighted by Gasteiger charge is 2.18. The van der Waals surface area contributed by atoms with E-state index in [1.54, 1.807) is 13.0 Å². The molecule has 0 atom stereocenters. The van der Waals surface area contributed by atoms with Crippen LogP contribution in [0.15, 0.2) is 48.7 Å². The van der Waals surface area contributed by atoms with E-state index < -0.39 is 0 Å². The molecule has 2 aromatic carbocycles. The molecule has 0 bridgehead atoms. The number of aromatic nitrogens is 4. The van der Waals surface area contributed by atoms with Gasteiger partial charge < -0.3 is 15.0 Å². The number of phenolic OH excluding ortho intramolecular Hbond substituents is 1. The predicted octanol–water partition coefficient (Wildman–Crippen LogP) is 4.52. The zero-order valence-electron chi connectivity index (χ0n) is 18.1. The fourth-order valence-electron chi connectivity index (χ4n) is 4.33. The fourth-order valence-corrected chi connectivity index (χ4v) is 4.33. The second kappa shape index (κ2) is 8.00. The summed E-state index contributed by atoms with van der Waals surface area (Å²) in [6.07, 6.45) is 5.56. The van der Waals surface area contributed by atoms with Crippen LogP contribution < -0.4 is 0 Å². The number of imidazole rings is 1. The van der Waals surface area contributed by atoms with E-state index >= 15 is 0 Å². The Balaban J connectivity index is 1.45. The third kappa shape index (κ3) is 3.56. The van der Waals surface area contributed by atoms with Gasteiger partial charge >= 0.3 is 0 Å². The molecule has 162 valence electrons. The van der Waals surface area contributed by atoms with Crippen LogP contribution in [0.2, 0.25) is 0 Å². The molecule has 0 unspecified atom stereocenters. The van der Waals surface area contributed by atoms with Gasteiger partial charge in [0.1, 0.15) is 11.4 Å². The fraction of sp³-hybridized carbons (Fsp3) is 0.240. The number of fused-ring (bicyclic) bond motifs is 1. The molecular formula is C25H25N5O2. The topological polar surface area (TPSA) is 97.9 Å². The third-order valence-electron chi connectivity index (χ3n) is 6.14. The summed E-state index contributed by atoms with van der Waals surface area (Å²) in [5, 5.41) is 18.4. The molecule has 5 rings (SSSR count). The van der Waals surface area contributed by atoms with Gasteiger partial charge in [-0.3, -0.25) is 9.89 Å². The maximum Gasteiger partial charge on any atom is 0.219 e. The van der Waals surface area contributed by atoms with Crippen LogP contribution in [0.3, 0.4) is 0 Å². The summed E-state index contributed by atoms with van der Waals surface area (Å²) in [5.41, 5.74) is 7.12. The number of aryl methyl sites for hydroxylation is 1. The molecule has 1 amide bonds. The van der Waals surface area contributed by atoms with E-state index in [9.17, 15) is 9.90 Å². The van der Waals surface area contributed by atoms with Crippen molar-refractivity contribution in [1.82, 2.24) is 25.1 Å². The van der Waals surface area contributed by atoms with Crippen molar-refractivity contribution in [3.63, 3.8) is 0 Å². The van der Waals surface area contributed by atoms with Crippen LogP contribution >= 0.6 is 0 Å². The number of hydrogen-bond donors (Lipinski definition) is 3. The normalized spacial score (nSPS) is 14.1. The summed E-state index contributed by atoms with van der Waals surface area (Å²) in [7, 11) is 0. The zero-order valence-corrected chi connectivity index (χ0v) is 18.1. The monoisotopic (exact) mass is 427 g/mol. The van der Waals surface area contributed by atoms with Crippen LogP contribution in [0, 0.1) is 0 Å². The first-order chi connectivity index (χ1) is 15.5. The smallest absolute Gasteiger partial charge is 0.219 e. The van der Waals surface area contributed by atoms with Gasteiger partial charge in [0, 0.05) is 25.4 Å². The molecule has 4 aromatic rings. The van der Waals surface area contributed by atoms with Crippen LogP contribution in [-0.2, 0) is 11.2 Å². The second-order valence-electron chi connectivity index (χ2n) is 8.12. The number of carbonyl (C=O) groups is 1. The molecule has 0 saturated carbocycles. The number of benzene rings is 2. The number of nitrogens with zero attached hydrogens (tertiary/aromatic N) is 3. The summed E-state index contributed by atoms with van der Waals surface area (Å²) in [6, 6.07) is 11.7. The first-order valence-corrected chi connectivity index (χ1v) is 10.8. The van der Waals surface area contributed by atoms with Crippen LogP contribution in [0.25, 0.3) is 39.1 Å². The molecule has 3 N–H and O–H groups in total. The number of amides is 1. The molecular weight excluding hydrogens is 402 g/mol. The number of rotatable bonds is 4. The SMILES string of the molecule is CCc1cc(O)ccc1-c1ccc2c(-c3ncc(C4=CCN(C(C)=O)CC4)[nH]3)n[nH]c2c1. The van der Waals surface area contributed by atoms with Crippen LogP contribution in [0.1, 0.15) is 31.5 Å². The maximum absolute atomic E-state index is 11.5. The minimum Gasteiger partial charge on any atom is -0.508 e. The van der Waals surface area contributed by atoms with Gasteiger partial charge in [-0.1, -0.05) is 25.1 Å². The Morgan fingerprint density at radius 2 is 2.09 bits per heavy atom. The number of phenols is 1. The van der Waals surface area contributed by atoms with Gasteiger partial charge in [-0.2, -0.15) is 5.10 Å². The minimum atomic E-state index is 0.103. The molecule has 0 aliphatic carbocycles. The standard InChI is InChI=1S/C25H25N5O2/c1-3-16-12-19(32)5-7-20(16)18-4-6-21-22(13-18)28-29-24(21)25-26-14-23(27-25)17-8-10-30(11-9-17)15(2)31/h4-8,12-14,32H,3,9-11H2,1-2H3,(H,26,27)(H,28,29). The lowest BCUT2D eigenvalue weighted by Crippen LogP contribution is -2.32. The van der Waals surface area contributed by atoms with Crippen molar-refractivity contribution in [2.45, 2.75) is 26.7 Å². The molecule has 0 saturated heterocycles. The number of aromatic hydroxyl groups is 1. The van der Waals surface area contributed by atoms with E-state index in [0.29, 0.717) is 12.4 Å². The van der Waals surface area contributed by atoms with Crippen LogP contribution in [-0.4, -0.2) is 49.2 Å². The van der Waals surface area contributed by atoms with Gasteiger partial charge in [-0.05, 0) is 59.4 Å². The lowest BCUT2D eigenvalue weighted by molar-refractivity contribution is -0.128. The van der Waals surface area contributed by atoms with Gasteiger partial charge in [0.25, 0.3) is 0 Å². The van der Waals surface area contributed by atoms with Crippen molar-refractivity contribution in [2.75, 3.05) is 13.1 Å². The van der Waals surface area contributed by atoms with Crippen molar-refractivity contribution >= 4 is 22.4 Å². The van der Waals surface area contributed by atoms with Gasteiger partial charge in [0.05, 0.1) is 17.4 Å². The summed E-state index contributed by atoms with van der Waals surface area (Å²) in [5.74, 6) is 1.10. The van der Waals surface area contributed by atoms with Crippen molar-refractivity contribution < 1.29 is 9.90 Å². The van der Waals surface area contributed by atoms with Gasteiger partial charge in [-0.25, -0.2) is 4.98 Å². The number of H-pyrrole nitrogens is 2. The first-order valence-electron chi connectivity index (χ1n) is 10.8. The number of carbonyl (C=O) groups excluding carboxylic acids is 1. The number of aromatic amines is 2. The molecule has 7 nitrogen and oxygen atoms in total. The van der Waals surface area contributed by atoms with Crippen LogP contribution in [0.4, 0.5) is 0 Å². The molecule has 0 fully saturated rings. The highest BCUT2D eigenvalue weighted by molar-refractivity contribution is 5.94. The molecule has 1 aliphatic rings. The molecule has 32 heavy (non-hydrogen) atoms. The average Bonchev–Trinajstić information content (AvgIpc) is 3.45. The Morgan fingerprint density at radius 3 is 2.84 bits per heavy atom. The summed E-state index contributed by atoms with van der Waals surface area (Å²) < 4.78 is 0. The highest BCUT2D eigenvalue weighted by Crippen LogP contribution is 2.32. The van der Waals surface area contributed by atoms with Gasteiger partial charge in [0.2, 0.25) is 5.91 Å². The molecule has 1 aliphatic heterocycles. The predicted molar refractivity (Wildman–Crippen MR) is 125 cm³/mol. The van der Waals surface area contributed by atoms with Crippen molar-refractivity contribution in [3.8, 4) is 28.4 Å². The lowest BCUT2D eigenvalue weighted by atomic mass is 9.97. The Labute approximate surface area is 185 Å². The summed E-state index contributed by atoms with van der Waals surface area (Å²) >= 11 is 0. The molecule has 7 heteroatoms. The summed E-state index contributed by atoms with van der Waals surface area (Å²) in [4.78, 5) is 21.3. The Bertz CT molecular complexity index is 1350. The quantitative estimate of drug-likeness (QED) is 0.446. The van der Waals surface area contributed by atoms with E-state index in [1.165, 1.54) is 5.57 Å². The Hall–Kier alpha value is -3.87. The van der Waals surface area contributed by atoms with E-state index in [1.807, 2.05) is 23.2 Å². The van der Waals surface area contributed by atoms with E-state index in [0.717, 1.165) is 58.4 Å². The van der Waals surface area contributed by atoms with Gasteiger partial charge in [-0.15, -0.1) is 0 Å². The molecule has 3 heterocycles. The minimum absolute atomic E-state index is 0.103. The van der Waals surface area contributed by atoms with Crippen molar-refractivity contribution in [1.29, 1.82) is 0 Å². The van der Waals surface area contributed by atoms with Crippen LogP contribution in [0.5, 0.6) is 5.75 Å². The Morgan fingerprint density at radius 1 is 1.22 bits per heavy atom. The molecule has 0 radical (unpaired) electrons. The largest absolute Gasteiger partial charge is 0.508 e. The number of nitrogens with one attached hydrogen (secondary N) is 2. The average molecular weight is 428 g/mol. The lowest BCUT2D eigenvalue weighted by Gasteiger charge is -2.24. The van der Waals surface area contributed by atoms with Crippen molar-refractivity contribution in [2.24, 2.45) is 0 Å². The highest BCUT2D eigenvalue weighted by atomic mass is 16.3. The van der Waals surface area contributed by atoms with Gasteiger partial charge in [0.15, 0.2) is 5.82 Å². The maximum atomic E-state index is 11.5. The van der Waals surface area contributed by atoms with E-state index in [-0.39, 0.29) is 11.7 Å². The second-order valence-corrected chi connectivity index (χ2v) is 8.12. The first kappa shape index (κ1) is 20.1. The molecule has 0 spiro atoms. The van der Waals surface area contributed by atoms with E-state index in [4.69, 9.17) is 0 Å².